The number of benzene rings is 2. The maximum Gasteiger partial charge on any atom is 0.319 e. The number of alkyl halides is 1. The largest absolute Gasteiger partial charge is 0.508 e. The number of hydrogen-bond acceptors (Lipinski definition) is 10. The van der Waals surface area contributed by atoms with E-state index in [-0.39, 0.29) is 74.8 Å². The molecule has 0 radical (unpaired) electrons. The highest BCUT2D eigenvalue weighted by atomic mass is 19.1. The summed E-state index contributed by atoms with van der Waals surface area (Å²) in [4.78, 5) is 31.7. The van der Waals surface area contributed by atoms with E-state index >= 15 is 4.39 Å². The lowest BCUT2D eigenvalue weighted by Gasteiger charge is -2.45. The van der Waals surface area contributed by atoms with Crippen LogP contribution in [0.3, 0.4) is 0 Å². The van der Waals surface area contributed by atoms with E-state index < -0.39 is 17.8 Å². The van der Waals surface area contributed by atoms with Crippen molar-refractivity contribution in [2.45, 2.75) is 69.2 Å². The standard InChI is InChI=1S/C41H45F3N8O3/c1-2-30-33(43)4-3-23-15-29(53)16-31(34(23)30)36-35(44)37-32(18-46-36)38(50-40(49-37)55-22-41(8-9-41)21-51-11-6-25(42)7-12-51)52-19-27-13-24(14-28(20-52)47-27)39(54)48-26-5-10-45-17-26/h1,3-4,15-16,18,24-28,45,47,53H,5-14,17,19-22H2,(H,48,54). The number of piperazine rings is 1. The minimum absolute atomic E-state index is 0.00431. The molecule has 3 atom stereocenters. The number of phenols is 1. The quantitative estimate of drug-likeness (QED) is 0.182. The number of ether oxygens (including phenoxy) is 1. The molecule has 9 rings (SSSR count). The molecule has 1 saturated carbocycles. The number of aromatic nitrogens is 3. The van der Waals surface area contributed by atoms with E-state index in [0.717, 1.165) is 38.9 Å². The lowest BCUT2D eigenvalue weighted by Crippen LogP contribution is -2.62. The van der Waals surface area contributed by atoms with Crippen LogP contribution < -0.4 is 25.6 Å². The second-order valence-corrected chi connectivity index (χ2v) is 16.2. The van der Waals surface area contributed by atoms with Crippen LogP contribution in [0, 0.1) is 35.3 Å². The van der Waals surface area contributed by atoms with E-state index in [1.165, 1.54) is 30.5 Å². The van der Waals surface area contributed by atoms with Crippen LogP contribution in [-0.4, -0.2) is 108 Å². The van der Waals surface area contributed by atoms with Gasteiger partial charge >= 0.3 is 6.01 Å². The number of hydrogen-bond donors (Lipinski definition) is 4. The van der Waals surface area contributed by atoms with Crippen LogP contribution >= 0.6 is 0 Å². The van der Waals surface area contributed by atoms with Gasteiger partial charge in [0, 0.05) is 85.9 Å². The van der Waals surface area contributed by atoms with Crippen LogP contribution in [0.5, 0.6) is 11.8 Å². The Morgan fingerprint density at radius 3 is 2.60 bits per heavy atom. The Morgan fingerprint density at radius 1 is 1.11 bits per heavy atom. The third-order valence-electron chi connectivity index (χ3n) is 12.2. The fourth-order valence-electron chi connectivity index (χ4n) is 9.14. The first-order valence-corrected chi connectivity index (χ1v) is 19.4. The highest BCUT2D eigenvalue weighted by Gasteiger charge is 2.46. The molecule has 5 aliphatic rings. The zero-order valence-electron chi connectivity index (χ0n) is 30.6. The van der Waals surface area contributed by atoms with E-state index in [1.54, 1.807) is 0 Å². The second kappa shape index (κ2) is 14.4. The van der Waals surface area contributed by atoms with Crippen LogP contribution in [-0.2, 0) is 4.79 Å². The molecule has 55 heavy (non-hydrogen) atoms. The summed E-state index contributed by atoms with van der Waals surface area (Å²) < 4.78 is 52.3. The number of carbonyl (C=O) groups excluding carboxylic acids is 1. The number of terminal acetylenes is 1. The number of aromatic hydroxyl groups is 1. The number of nitrogens with one attached hydrogen (secondary N) is 3. The van der Waals surface area contributed by atoms with Crippen molar-refractivity contribution in [3.63, 3.8) is 0 Å². The van der Waals surface area contributed by atoms with Crippen molar-refractivity contribution in [3.8, 4) is 35.4 Å². The van der Waals surface area contributed by atoms with Gasteiger partial charge in [0.15, 0.2) is 5.82 Å². The van der Waals surface area contributed by atoms with Crippen molar-refractivity contribution in [2.24, 2.45) is 11.3 Å². The topological polar surface area (TPSA) is 128 Å². The third kappa shape index (κ3) is 7.14. The zero-order chi connectivity index (χ0) is 37.8. The highest BCUT2D eigenvalue weighted by molar-refractivity contribution is 6.03. The van der Waals surface area contributed by atoms with Gasteiger partial charge < -0.3 is 35.6 Å². The fourth-order valence-corrected chi connectivity index (χ4v) is 9.14. The molecule has 4 N–H and O–H groups in total. The summed E-state index contributed by atoms with van der Waals surface area (Å²) in [6.45, 7) is 5.28. The maximum absolute atomic E-state index is 17.1. The molecule has 3 unspecified atom stereocenters. The molecule has 11 nitrogen and oxygen atoms in total. The first kappa shape index (κ1) is 36.0. The van der Waals surface area contributed by atoms with Crippen LogP contribution in [0.15, 0.2) is 30.5 Å². The molecule has 4 saturated heterocycles. The average molecular weight is 755 g/mol. The van der Waals surface area contributed by atoms with E-state index in [4.69, 9.17) is 16.1 Å². The van der Waals surface area contributed by atoms with Gasteiger partial charge in [0.2, 0.25) is 5.91 Å². The van der Waals surface area contributed by atoms with Gasteiger partial charge in [-0.25, -0.2) is 13.2 Å². The molecule has 6 heterocycles. The van der Waals surface area contributed by atoms with Gasteiger partial charge in [0.1, 0.15) is 34.8 Å². The van der Waals surface area contributed by atoms with Gasteiger partial charge in [-0.3, -0.25) is 9.78 Å². The van der Waals surface area contributed by atoms with Gasteiger partial charge in [-0.2, -0.15) is 9.97 Å². The van der Waals surface area contributed by atoms with Crippen molar-refractivity contribution in [3.05, 3.63) is 47.7 Å². The third-order valence-corrected chi connectivity index (χ3v) is 12.2. The average Bonchev–Trinajstić information content (AvgIpc) is 3.75. The number of anilines is 1. The molecule has 2 aromatic carbocycles. The predicted molar refractivity (Wildman–Crippen MR) is 203 cm³/mol. The van der Waals surface area contributed by atoms with Crippen LogP contribution in [0.1, 0.15) is 50.5 Å². The van der Waals surface area contributed by atoms with Crippen LogP contribution in [0.25, 0.3) is 32.9 Å². The lowest BCUT2D eigenvalue weighted by atomic mass is 9.84. The summed E-state index contributed by atoms with van der Waals surface area (Å²) in [5.74, 6) is 1.26. The smallest absolute Gasteiger partial charge is 0.319 e. The molecule has 2 bridgehead atoms. The molecule has 14 heteroatoms. The van der Waals surface area contributed by atoms with E-state index in [1.807, 2.05) is 0 Å². The molecule has 0 spiro atoms. The minimum atomic E-state index is -0.783. The fraction of sp³-hybridized carbons (Fsp3) is 0.512. The van der Waals surface area contributed by atoms with Crippen LogP contribution in [0.4, 0.5) is 19.0 Å². The van der Waals surface area contributed by atoms with Gasteiger partial charge in [-0.15, -0.1) is 6.42 Å². The number of fused-ring (bicyclic) bond motifs is 4. The molecule has 4 aromatic rings. The number of phenolic OH excluding ortho intramolecular Hbond substituents is 1. The van der Waals surface area contributed by atoms with E-state index in [0.29, 0.717) is 75.1 Å². The number of rotatable bonds is 9. The zero-order valence-corrected chi connectivity index (χ0v) is 30.6. The summed E-state index contributed by atoms with van der Waals surface area (Å²) in [5.41, 5.74) is -0.222. The van der Waals surface area contributed by atoms with Crippen molar-refractivity contribution >= 4 is 33.4 Å². The van der Waals surface area contributed by atoms with Gasteiger partial charge in [0.05, 0.1) is 17.6 Å². The molecule has 1 amide bonds. The maximum atomic E-state index is 17.1. The Kier molecular flexibility index (Phi) is 9.43. The summed E-state index contributed by atoms with van der Waals surface area (Å²) in [6, 6.07) is 5.64. The second-order valence-electron chi connectivity index (χ2n) is 16.2. The normalized spacial score (nSPS) is 25.2. The van der Waals surface area contributed by atoms with Crippen LogP contribution in [0.2, 0.25) is 0 Å². The lowest BCUT2D eigenvalue weighted by molar-refractivity contribution is -0.127. The van der Waals surface area contributed by atoms with Crippen molar-refractivity contribution in [1.29, 1.82) is 0 Å². The molecule has 4 aliphatic heterocycles. The van der Waals surface area contributed by atoms with Gasteiger partial charge in [-0.1, -0.05) is 12.0 Å². The molecular formula is C41H45F3N8O3. The Hall–Kier alpha value is -4.71. The first-order valence-electron chi connectivity index (χ1n) is 19.4. The van der Waals surface area contributed by atoms with Crippen molar-refractivity contribution in [1.82, 2.24) is 35.8 Å². The number of likely N-dealkylation sites (tertiary alicyclic amines) is 1. The first-order chi connectivity index (χ1) is 26.6. The van der Waals surface area contributed by atoms with Crippen molar-refractivity contribution in [2.75, 3.05) is 57.3 Å². The van der Waals surface area contributed by atoms with Gasteiger partial charge in [-0.05, 0) is 75.1 Å². The Morgan fingerprint density at radius 2 is 1.89 bits per heavy atom. The summed E-state index contributed by atoms with van der Waals surface area (Å²) in [5, 5.41) is 21.9. The number of piperidine rings is 2. The molecule has 288 valence electrons. The number of amides is 1. The molecule has 2 aromatic heterocycles. The predicted octanol–water partition coefficient (Wildman–Crippen LogP) is 4.44. The number of pyridine rings is 1. The van der Waals surface area contributed by atoms with Crippen molar-refractivity contribution < 1.29 is 27.8 Å². The molecule has 1 aliphatic carbocycles. The highest BCUT2D eigenvalue weighted by Crippen LogP contribution is 2.47. The minimum Gasteiger partial charge on any atom is -0.508 e. The molecular weight excluding hydrogens is 709 g/mol. The van der Waals surface area contributed by atoms with E-state index in [9.17, 15) is 18.7 Å². The number of nitrogens with zero attached hydrogens (tertiary/aromatic N) is 5. The number of carbonyl (C=O) groups is 1. The SMILES string of the molecule is C#Cc1c(F)ccc2cc(O)cc(-c3ncc4c(N5CC6CC(C(=O)NC7CCNC7)CC(C5)N6)nc(OCC5(CN6CCC(F)CC6)CC5)nc4c3F)c12. The summed E-state index contributed by atoms with van der Waals surface area (Å²) >= 11 is 0. The summed E-state index contributed by atoms with van der Waals surface area (Å²) in [6.07, 6.45) is 11.7. The van der Waals surface area contributed by atoms with Gasteiger partial charge in [0.25, 0.3) is 0 Å². The monoisotopic (exact) mass is 754 g/mol. The Labute approximate surface area is 317 Å². The Bertz CT molecular complexity index is 2170. The summed E-state index contributed by atoms with van der Waals surface area (Å²) in [7, 11) is 0. The molecule has 5 fully saturated rings. The van der Waals surface area contributed by atoms with E-state index in [2.05, 4.69) is 41.6 Å². The number of halogens is 3. The Balaban J connectivity index is 1.06.